The van der Waals surface area contributed by atoms with Gasteiger partial charge < -0.3 is 14.6 Å². The van der Waals surface area contributed by atoms with Gasteiger partial charge in [-0.3, -0.25) is 4.55 Å². The fourth-order valence-electron chi connectivity index (χ4n) is 6.63. The molecule has 0 spiro atoms. The van der Waals surface area contributed by atoms with Gasteiger partial charge >= 0.3 is 0 Å². The first-order valence-electron chi connectivity index (χ1n) is 12.2. The lowest BCUT2D eigenvalue weighted by Crippen LogP contribution is -2.38. The minimum atomic E-state index is -4.68. The molecule has 1 rings (SSSR count). The molecule has 0 saturated carbocycles. The molecular weight excluding hydrogens is 452 g/mol. The molecule has 1 unspecified atom stereocenters. The van der Waals surface area contributed by atoms with Crippen molar-refractivity contribution < 1.29 is 27.6 Å². The van der Waals surface area contributed by atoms with Crippen molar-refractivity contribution in [2.45, 2.75) is 106 Å². The van der Waals surface area contributed by atoms with Crippen LogP contribution in [-0.2, 0) is 16.5 Å². The smallest absolute Gasteiger partial charge is 0.298 e. The van der Waals surface area contributed by atoms with Crippen molar-refractivity contribution >= 4 is 10.1 Å². The van der Waals surface area contributed by atoms with Crippen LogP contribution in [0.3, 0.4) is 0 Å². The van der Waals surface area contributed by atoms with E-state index in [1.54, 1.807) is 0 Å². The van der Waals surface area contributed by atoms with E-state index in [0.717, 1.165) is 12.8 Å². The number of hydrogen-bond donors (Lipinski definition) is 2. The lowest BCUT2D eigenvalue weighted by molar-refractivity contribution is 0.0750. The molecule has 7 heteroatoms. The third kappa shape index (κ3) is 6.81. The molecule has 1 atom stereocenters. The van der Waals surface area contributed by atoms with Crippen LogP contribution in [0.4, 0.5) is 0 Å². The van der Waals surface area contributed by atoms with Gasteiger partial charge in [-0.25, -0.2) is 0 Å². The first-order valence-corrected chi connectivity index (χ1v) is 13.7. The Kier molecular flexibility index (Phi) is 9.57. The standard InChI is InChI=1S/C27H48O6S/c1-13-14-18-20(28)19(21(32-11)22(33-12)23(18)34(29,30)31)24(26(7,8)15-17(2)3)27(9,10)16-25(4,5)6/h17,24,28H,13-16H2,1-12H3,(H,29,30,31). The molecule has 0 amide bonds. The Morgan fingerprint density at radius 3 is 1.76 bits per heavy atom. The molecule has 0 aromatic heterocycles. The third-order valence-corrected chi connectivity index (χ3v) is 7.36. The highest BCUT2D eigenvalue weighted by atomic mass is 32.2. The highest BCUT2D eigenvalue weighted by Gasteiger charge is 2.48. The van der Waals surface area contributed by atoms with Crippen molar-refractivity contribution in [3.63, 3.8) is 0 Å². The lowest BCUT2D eigenvalue weighted by Gasteiger charge is -2.49. The predicted molar refractivity (Wildman–Crippen MR) is 139 cm³/mol. The second-order valence-corrected chi connectivity index (χ2v) is 14.0. The van der Waals surface area contributed by atoms with Gasteiger partial charge in [0.2, 0.25) is 0 Å². The molecule has 1 aromatic carbocycles. The van der Waals surface area contributed by atoms with E-state index in [9.17, 15) is 18.1 Å². The van der Waals surface area contributed by atoms with Crippen molar-refractivity contribution in [1.82, 2.24) is 0 Å². The lowest BCUT2D eigenvalue weighted by atomic mass is 9.56. The maximum atomic E-state index is 12.4. The fraction of sp³-hybridized carbons (Fsp3) is 0.778. The third-order valence-electron chi connectivity index (χ3n) is 6.41. The van der Waals surface area contributed by atoms with E-state index in [0.29, 0.717) is 17.9 Å². The zero-order valence-corrected chi connectivity index (χ0v) is 24.2. The molecule has 0 saturated heterocycles. The average molecular weight is 501 g/mol. The number of hydrogen-bond acceptors (Lipinski definition) is 5. The number of rotatable bonds is 11. The molecule has 0 aliphatic rings. The highest BCUT2D eigenvalue weighted by Crippen LogP contribution is 2.61. The van der Waals surface area contributed by atoms with Gasteiger partial charge in [0.15, 0.2) is 11.5 Å². The number of phenolic OH excluding ortho intramolecular Hbond substituents is 1. The zero-order valence-electron chi connectivity index (χ0n) is 23.4. The summed E-state index contributed by atoms with van der Waals surface area (Å²) in [6, 6.07) is 0. The van der Waals surface area contributed by atoms with Crippen molar-refractivity contribution in [1.29, 1.82) is 0 Å². The first kappa shape index (κ1) is 30.6. The molecule has 34 heavy (non-hydrogen) atoms. The van der Waals surface area contributed by atoms with Crippen LogP contribution in [0, 0.1) is 22.2 Å². The summed E-state index contributed by atoms with van der Waals surface area (Å²) in [5.41, 5.74) is 0.171. The maximum absolute atomic E-state index is 12.4. The van der Waals surface area contributed by atoms with Crippen LogP contribution in [0.5, 0.6) is 17.2 Å². The van der Waals surface area contributed by atoms with Crippen molar-refractivity contribution in [3.8, 4) is 17.2 Å². The van der Waals surface area contributed by atoms with Gasteiger partial charge in [0.05, 0.1) is 14.2 Å². The first-order chi connectivity index (χ1) is 15.2. The molecule has 0 aliphatic heterocycles. The van der Waals surface area contributed by atoms with E-state index >= 15 is 0 Å². The molecule has 6 nitrogen and oxygen atoms in total. The van der Waals surface area contributed by atoms with Crippen LogP contribution in [0.1, 0.15) is 106 Å². The minimum absolute atomic E-state index is 0.0171. The minimum Gasteiger partial charge on any atom is -0.507 e. The molecule has 0 heterocycles. The van der Waals surface area contributed by atoms with Crippen LogP contribution in [0.2, 0.25) is 0 Å². The van der Waals surface area contributed by atoms with Crippen molar-refractivity contribution in [2.24, 2.45) is 22.2 Å². The summed E-state index contributed by atoms with van der Waals surface area (Å²) in [4.78, 5) is -0.413. The van der Waals surface area contributed by atoms with E-state index in [4.69, 9.17) is 9.47 Å². The number of aromatic hydroxyl groups is 1. The largest absolute Gasteiger partial charge is 0.507 e. The predicted octanol–water partition coefficient (Wildman–Crippen LogP) is 7.23. The van der Waals surface area contributed by atoms with E-state index in [1.807, 2.05) is 6.92 Å². The Morgan fingerprint density at radius 1 is 0.912 bits per heavy atom. The number of phenols is 1. The van der Waals surface area contributed by atoms with Gasteiger partial charge in [-0.2, -0.15) is 8.42 Å². The molecule has 0 radical (unpaired) electrons. The summed E-state index contributed by atoms with van der Waals surface area (Å²) >= 11 is 0. The van der Waals surface area contributed by atoms with Crippen LogP contribution in [0.25, 0.3) is 0 Å². The van der Waals surface area contributed by atoms with E-state index < -0.39 is 15.0 Å². The Bertz CT molecular complexity index is 953. The second kappa shape index (κ2) is 10.7. The summed E-state index contributed by atoms with van der Waals surface area (Å²) in [5, 5.41) is 11.7. The molecule has 198 valence electrons. The van der Waals surface area contributed by atoms with Crippen LogP contribution in [0.15, 0.2) is 4.90 Å². The van der Waals surface area contributed by atoms with Gasteiger partial charge in [-0.15, -0.1) is 0 Å². The van der Waals surface area contributed by atoms with Crippen LogP contribution < -0.4 is 9.47 Å². The molecule has 0 bridgehead atoms. The van der Waals surface area contributed by atoms with Gasteiger partial charge in [0.1, 0.15) is 10.6 Å². The Labute approximate surface area is 208 Å². The number of ether oxygens (including phenoxy) is 2. The van der Waals surface area contributed by atoms with Crippen molar-refractivity contribution in [3.05, 3.63) is 11.1 Å². The molecular formula is C27H48O6S. The van der Waals surface area contributed by atoms with E-state index in [2.05, 4.69) is 62.3 Å². The summed E-state index contributed by atoms with van der Waals surface area (Å²) < 4.78 is 46.3. The van der Waals surface area contributed by atoms with Gasteiger partial charge in [-0.1, -0.05) is 75.7 Å². The average Bonchev–Trinajstić information content (AvgIpc) is 2.59. The SMILES string of the molecule is CCCc1c(O)c(C(C(C)(C)CC(C)C)C(C)(C)CC(C)(C)C)c(OC)c(OC)c1S(=O)(=O)O. The normalized spacial score (nSPS) is 14.4. The Hall–Kier alpha value is -1.47. The Balaban J connectivity index is 4.30. The highest BCUT2D eigenvalue weighted by molar-refractivity contribution is 7.86. The molecule has 0 fully saturated rings. The summed E-state index contributed by atoms with van der Waals surface area (Å²) in [6.07, 6.45) is 2.60. The zero-order chi connectivity index (χ0) is 26.9. The number of benzene rings is 1. The molecule has 2 N–H and O–H groups in total. The van der Waals surface area contributed by atoms with Gasteiger partial charge in [-0.05, 0) is 41.4 Å². The van der Waals surface area contributed by atoms with E-state index in [-0.39, 0.29) is 51.4 Å². The quantitative estimate of drug-likeness (QED) is 0.311. The summed E-state index contributed by atoms with van der Waals surface area (Å²) in [7, 11) is -1.88. The van der Waals surface area contributed by atoms with E-state index in [1.165, 1.54) is 14.2 Å². The number of methoxy groups -OCH3 is 2. The Morgan fingerprint density at radius 2 is 1.41 bits per heavy atom. The van der Waals surface area contributed by atoms with Crippen LogP contribution >= 0.6 is 0 Å². The second-order valence-electron chi connectivity index (χ2n) is 12.6. The summed E-state index contributed by atoms with van der Waals surface area (Å²) in [6.45, 7) is 21.6. The van der Waals surface area contributed by atoms with Gasteiger partial charge in [0.25, 0.3) is 10.1 Å². The van der Waals surface area contributed by atoms with Gasteiger partial charge in [0, 0.05) is 17.0 Å². The monoisotopic (exact) mass is 500 g/mol. The van der Waals surface area contributed by atoms with Crippen LogP contribution in [-0.4, -0.2) is 32.3 Å². The molecule has 1 aromatic rings. The fourth-order valence-corrected chi connectivity index (χ4v) is 7.55. The summed E-state index contributed by atoms with van der Waals surface area (Å²) in [5.74, 6) is 0.187. The van der Waals surface area contributed by atoms with Crippen molar-refractivity contribution in [2.75, 3.05) is 14.2 Å². The topological polar surface area (TPSA) is 93.1 Å². The maximum Gasteiger partial charge on any atom is 0.298 e. The molecule has 0 aliphatic carbocycles.